The molecule has 1 aromatic carbocycles. The van der Waals surface area contributed by atoms with E-state index < -0.39 is 0 Å². The largest absolute Gasteiger partial charge is 0.317 e. The van der Waals surface area contributed by atoms with Crippen molar-refractivity contribution in [3.05, 3.63) is 29.8 Å². The molecule has 0 fully saturated rings. The summed E-state index contributed by atoms with van der Waals surface area (Å²) in [4.78, 5) is 11.1. The lowest BCUT2D eigenvalue weighted by Crippen LogP contribution is -2.14. The number of carbonyl (C=O) groups is 1. The van der Waals surface area contributed by atoms with E-state index in [1.54, 1.807) is 0 Å². The summed E-state index contributed by atoms with van der Waals surface area (Å²) < 4.78 is 0. The van der Waals surface area contributed by atoms with E-state index in [1.807, 2.05) is 31.2 Å². The van der Waals surface area contributed by atoms with Gasteiger partial charge in [0.05, 0.1) is 0 Å². The lowest BCUT2D eigenvalue weighted by Gasteiger charge is -2.21. The second kappa shape index (κ2) is 2.83. The maximum Gasteiger partial charge on any atom is 0.284 e. The zero-order valence-electron chi connectivity index (χ0n) is 6.70. The number of nitrogens with one attached hydrogen (secondary N) is 1. The number of rotatable bonds is 0. The molecule has 1 aliphatic rings. The van der Waals surface area contributed by atoms with Gasteiger partial charge < -0.3 is 5.32 Å². The van der Waals surface area contributed by atoms with Gasteiger partial charge in [-0.1, -0.05) is 30.0 Å². The molecule has 1 aromatic rings. The van der Waals surface area contributed by atoms with Crippen molar-refractivity contribution >= 4 is 22.7 Å². The monoisotopic (exact) mass is 179 g/mol. The minimum atomic E-state index is 0.0428. The van der Waals surface area contributed by atoms with Gasteiger partial charge in [0.1, 0.15) is 0 Å². The molecule has 1 amide bonds. The molecular formula is C9H9NOS. The number of carbonyl (C=O) groups excluding carboxylic acids is 1. The second-order valence-corrected chi connectivity index (χ2v) is 4.07. The third kappa shape index (κ3) is 1.20. The van der Waals surface area contributed by atoms with Crippen LogP contribution in [-0.4, -0.2) is 5.24 Å². The molecule has 0 bridgehead atoms. The molecule has 1 unspecified atom stereocenters. The van der Waals surface area contributed by atoms with Gasteiger partial charge in [-0.2, -0.15) is 0 Å². The lowest BCUT2D eigenvalue weighted by atomic mass is 10.1. The zero-order chi connectivity index (χ0) is 8.55. The molecule has 3 heteroatoms. The van der Waals surface area contributed by atoms with E-state index in [0.717, 1.165) is 5.69 Å². The van der Waals surface area contributed by atoms with Gasteiger partial charge in [-0.15, -0.1) is 0 Å². The highest BCUT2D eigenvalue weighted by Crippen LogP contribution is 2.38. The number of benzene rings is 1. The predicted octanol–water partition coefficient (Wildman–Crippen LogP) is 3.03. The number of anilines is 1. The normalized spacial score (nSPS) is 21.4. The first-order valence-electron chi connectivity index (χ1n) is 3.84. The van der Waals surface area contributed by atoms with Crippen LogP contribution >= 0.6 is 11.8 Å². The van der Waals surface area contributed by atoms with Crippen molar-refractivity contribution in [2.24, 2.45) is 0 Å². The van der Waals surface area contributed by atoms with Crippen LogP contribution in [0.3, 0.4) is 0 Å². The molecule has 0 aliphatic carbocycles. The van der Waals surface area contributed by atoms with Crippen LogP contribution in [0, 0.1) is 0 Å². The number of amides is 1. The van der Waals surface area contributed by atoms with Gasteiger partial charge >= 0.3 is 0 Å². The van der Waals surface area contributed by atoms with E-state index in [1.165, 1.54) is 17.3 Å². The number of para-hydroxylation sites is 1. The number of hydrogen-bond acceptors (Lipinski definition) is 2. The summed E-state index contributed by atoms with van der Waals surface area (Å²) in [7, 11) is 0. The fraction of sp³-hybridized carbons (Fsp3) is 0.222. The molecule has 1 N–H and O–H groups in total. The Morgan fingerprint density at radius 1 is 1.42 bits per heavy atom. The molecule has 0 radical (unpaired) electrons. The third-order valence-electron chi connectivity index (χ3n) is 1.92. The zero-order valence-corrected chi connectivity index (χ0v) is 7.52. The number of fused-ring (bicyclic) bond motifs is 1. The minimum Gasteiger partial charge on any atom is -0.317 e. The molecule has 0 saturated carbocycles. The highest BCUT2D eigenvalue weighted by atomic mass is 32.2. The SMILES string of the molecule is CC1SC(=O)Nc2ccccc21. The molecule has 0 aromatic heterocycles. The van der Waals surface area contributed by atoms with E-state index in [-0.39, 0.29) is 10.5 Å². The molecule has 1 atom stereocenters. The van der Waals surface area contributed by atoms with Crippen LogP contribution in [0.2, 0.25) is 0 Å². The summed E-state index contributed by atoms with van der Waals surface area (Å²) in [5.74, 6) is 0. The Kier molecular flexibility index (Phi) is 1.81. The maximum absolute atomic E-state index is 11.1. The number of hydrogen-bond donors (Lipinski definition) is 1. The van der Waals surface area contributed by atoms with Crippen LogP contribution in [0.4, 0.5) is 10.5 Å². The summed E-state index contributed by atoms with van der Waals surface area (Å²) in [6.45, 7) is 2.04. The van der Waals surface area contributed by atoms with Gasteiger partial charge in [-0.05, 0) is 18.6 Å². The fourth-order valence-electron chi connectivity index (χ4n) is 1.33. The van der Waals surface area contributed by atoms with E-state index in [2.05, 4.69) is 5.32 Å². The Morgan fingerprint density at radius 2 is 2.17 bits per heavy atom. The Bertz CT molecular complexity index is 324. The molecule has 0 saturated heterocycles. The maximum atomic E-state index is 11.1. The summed E-state index contributed by atoms with van der Waals surface area (Å²) in [6.07, 6.45) is 0. The van der Waals surface area contributed by atoms with Crippen molar-refractivity contribution in [3.8, 4) is 0 Å². The van der Waals surface area contributed by atoms with Gasteiger partial charge in [0.25, 0.3) is 5.24 Å². The van der Waals surface area contributed by atoms with Gasteiger partial charge in [0, 0.05) is 10.9 Å². The summed E-state index contributed by atoms with van der Waals surface area (Å²) in [5.41, 5.74) is 2.16. The van der Waals surface area contributed by atoms with Crippen LogP contribution in [0.5, 0.6) is 0 Å². The second-order valence-electron chi connectivity index (χ2n) is 2.76. The van der Waals surface area contributed by atoms with Gasteiger partial charge in [-0.3, -0.25) is 4.79 Å². The van der Waals surface area contributed by atoms with E-state index in [0.29, 0.717) is 0 Å². The first kappa shape index (κ1) is 7.68. The van der Waals surface area contributed by atoms with Crippen molar-refractivity contribution < 1.29 is 4.79 Å². The van der Waals surface area contributed by atoms with E-state index in [4.69, 9.17) is 0 Å². The Morgan fingerprint density at radius 3 is 3.00 bits per heavy atom. The van der Waals surface area contributed by atoms with Crippen LogP contribution in [0.15, 0.2) is 24.3 Å². The lowest BCUT2D eigenvalue weighted by molar-refractivity contribution is 0.269. The molecule has 0 spiro atoms. The van der Waals surface area contributed by atoms with Crippen molar-refractivity contribution in [2.45, 2.75) is 12.2 Å². The minimum absolute atomic E-state index is 0.0428. The Hall–Kier alpha value is -0.960. The molecule has 1 aliphatic heterocycles. The summed E-state index contributed by atoms with van der Waals surface area (Å²) in [6, 6.07) is 7.91. The fourth-order valence-corrected chi connectivity index (χ4v) is 2.15. The standard InChI is InChI=1S/C9H9NOS/c1-6-7-4-2-3-5-8(7)10-9(11)12-6/h2-6H,1H3,(H,10,11). The van der Waals surface area contributed by atoms with Crippen molar-refractivity contribution in [2.75, 3.05) is 5.32 Å². The number of thioether (sulfide) groups is 1. The molecule has 62 valence electrons. The first-order chi connectivity index (χ1) is 5.77. The third-order valence-corrected chi connectivity index (χ3v) is 2.84. The highest BCUT2D eigenvalue weighted by Gasteiger charge is 2.20. The van der Waals surface area contributed by atoms with E-state index in [9.17, 15) is 4.79 Å². The van der Waals surface area contributed by atoms with Crippen LogP contribution in [0.25, 0.3) is 0 Å². The molecule has 12 heavy (non-hydrogen) atoms. The summed E-state index contributed by atoms with van der Waals surface area (Å²) in [5, 5.41) is 3.13. The van der Waals surface area contributed by atoms with Gasteiger partial charge in [0.2, 0.25) is 0 Å². The quantitative estimate of drug-likeness (QED) is 0.663. The average Bonchev–Trinajstić information content (AvgIpc) is 2.04. The van der Waals surface area contributed by atoms with Gasteiger partial charge in [-0.25, -0.2) is 0 Å². The predicted molar refractivity (Wildman–Crippen MR) is 51.5 cm³/mol. The first-order valence-corrected chi connectivity index (χ1v) is 4.72. The van der Waals surface area contributed by atoms with Gasteiger partial charge in [0.15, 0.2) is 0 Å². The smallest absolute Gasteiger partial charge is 0.284 e. The van der Waals surface area contributed by atoms with Crippen LogP contribution in [0.1, 0.15) is 17.7 Å². The van der Waals surface area contributed by atoms with Crippen molar-refractivity contribution in [1.82, 2.24) is 0 Å². The van der Waals surface area contributed by atoms with Crippen molar-refractivity contribution in [1.29, 1.82) is 0 Å². The molecule has 2 nitrogen and oxygen atoms in total. The topological polar surface area (TPSA) is 29.1 Å². The van der Waals surface area contributed by atoms with Crippen molar-refractivity contribution in [3.63, 3.8) is 0 Å². The highest BCUT2D eigenvalue weighted by molar-refractivity contribution is 8.14. The average molecular weight is 179 g/mol. The van der Waals surface area contributed by atoms with Crippen LogP contribution in [-0.2, 0) is 0 Å². The molecular weight excluding hydrogens is 170 g/mol. The van der Waals surface area contributed by atoms with Crippen LogP contribution < -0.4 is 5.32 Å². The molecule has 1 heterocycles. The van der Waals surface area contributed by atoms with E-state index >= 15 is 0 Å². The Balaban J connectivity index is 2.47. The summed E-state index contributed by atoms with van der Waals surface area (Å²) >= 11 is 1.33. The molecule has 2 rings (SSSR count). The Labute approximate surface area is 75.4 Å².